The minimum atomic E-state index is -0.150. The molecule has 0 aromatic heterocycles. The van der Waals surface area contributed by atoms with Crippen LogP contribution >= 0.6 is 0 Å². The van der Waals surface area contributed by atoms with E-state index in [2.05, 4.69) is 10.3 Å². The van der Waals surface area contributed by atoms with Crippen molar-refractivity contribution in [3.05, 3.63) is 48.7 Å². The molecular formula is C15H16N4O. The first kappa shape index (κ1) is 12.5. The Morgan fingerprint density at radius 3 is 2.65 bits per heavy atom. The van der Waals surface area contributed by atoms with Crippen LogP contribution in [0.5, 0.6) is 0 Å². The van der Waals surface area contributed by atoms with Gasteiger partial charge in [0, 0.05) is 26.0 Å². The number of carbonyl (C=O) groups is 1. The van der Waals surface area contributed by atoms with Gasteiger partial charge in [-0.25, -0.2) is 4.99 Å². The van der Waals surface area contributed by atoms with Crippen LogP contribution in [0.1, 0.15) is 0 Å². The zero-order valence-electron chi connectivity index (χ0n) is 11.4. The molecule has 5 heteroatoms. The van der Waals surface area contributed by atoms with Crippen molar-refractivity contribution in [2.75, 3.05) is 19.0 Å². The molecule has 0 radical (unpaired) electrons. The van der Waals surface area contributed by atoms with Crippen LogP contribution < -0.4 is 10.2 Å². The van der Waals surface area contributed by atoms with E-state index in [1.54, 1.807) is 0 Å². The molecule has 0 spiro atoms. The molecule has 0 bridgehead atoms. The van der Waals surface area contributed by atoms with E-state index in [0.29, 0.717) is 5.84 Å². The Morgan fingerprint density at radius 2 is 1.95 bits per heavy atom. The molecular weight excluding hydrogens is 252 g/mol. The van der Waals surface area contributed by atoms with Gasteiger partial charge in [0.15, 0.2) is 0 Å². The third kappa shape index (κ3) is 2.18. The summed E-state index contributed by atoms with van der Waals surface area (Å²) in [7, 11) is 3.97. The minimum Gasteiger partial charge on any atom is -0.378 e. The topological polar surface area (TPSA) is 47.9 Å². The van der Waals surface area contributed by atoms with Gasteiger partial charge in [0.25, 0.3) is 5.91 Å². The maximum atomic E-state index is 12.0. The van der Waals surface area contributed by atoms with Crippen molar-refractivity contribution in [3.63, 3.8) is 0 Å². The van der Waals surface area contributed by atoms with Gasteiger partial charge in [0.2, 0.25) is 5.84 Å². The lowest BCUT2D eigenvalue weighted by atomic mass is 10.2. The molecule has 0 aliphatic carbocycles. The van der Waals surface area contributed by atoms with Gasteiger partial charge in [-0.05, 0) is 36.4 Å². The third-order valence-corrected chi connectivity index (χ3v) is 3.28. The molecule has 1 aromatic carbocycles. The Hall–Kier alpha value is -2.56. The van der Waals surface area contributed by atoms with Crippen molar-refractivity contribution in [2.24, 2.45) is 4.99 Å². The number of benzene rings is 1. The molecule has 2 aliphatic rings. The summed E-state index contributed by atoms with van der Waals surface area (Å²) in [6.45, 7) is 0. The predicted octanol–water partition coefficient (Wildman–Crippen LogP) is 1.62. The molecule has 2 aliphatic heterocycles. The number of carbonyl (C=O) groups excluding carboxylic acids is 1. The van der Waals surface area contributed by atoms with Crippen molar-refractivity contribution in [3.8, 4) is 0 Å². The fourth-order valence-electron chi connectivity index (χ4n) is 2.19. The number of nitrogens with one attached hydrogen (secondary N) is 1. The van der Waals surface area contributed by atoms with Gasteiger partial charge < -0.3 is 15.1 Å². The summed E-state index contributed by atoms with van der Waals surface area (Å²) in [4.78, 5) is 20.3. The van der Waals surface area contributed by atoms with Crippen molar-refractivity contribution in [1.82, 2.24) is 10.2 Å². The highest BCUT2D eigenvalue weighted by Gasteiger charge is 2.33. The summed E-state index contributed by atoms with van der Waals surface area (Å²) in [6, 6.07) is 7.78. The summed E-state index contributed by atoms with van der Waals surface area (Å²) in [6.07, 6.45) is 7.47. The number of fused-ring (bicyclic) bond motifs is 1. The maximum absolute atomic E-state index is 12.0. The second-order valence-electron chi connectivity index (χ2n) is 4.90. The molecule has 1 fully saturated rings. The van der Waals surface area contributed by atoms with Gasteiger partial charge in [0.1, 0.15) is 6.17 Å². The molecule has 0 saturated carbocycles. The van der Waals surface area contributed by atoms with E-state index in [1.807, 2.05) is 72.6 Å². The maximum Gasteiger partial charge on any atom is 0.289 e. The van der Waals surface area contributed by atoms with Crippen LogP contribution in [0.3, 0.4) is 0 Å². The zero-order chi connectivity index (χ0) is 14.1. The fraction of sp³-hybridized carbons (Fsp3) is 0.200. The van der Waals surface area contributed by atoms with Gasteiger partial charge in [0.05, 0.1) is 5.69 Å². The van der Waals surface area contributed by atoms with Crippen LogP contribution in [0.2, 0.25) is 0 Å². The first-order valence-electron chi connectivity index (χ1n) is 6.45. The Balaban J connectivity index is 1.89. The van der Waals surface area contributed by atoms with Crippen molar-refractivity contribution in [2.45, 2.75) is 6.17 Å². The number of rotatable bonds is 2. The van der Waals surface area contributed by atoms with E-state index >= 15 is 0 Å². The lowest BCUT2D eigenvalue weighted by Gasteiger charge is -2.20. The van der Waals surface area contributed by atoms with Crippen LogP contribution in [0.25, 0.3) is 0 Å². The summed E-state index contributed by atoms with van der Waals surface area (Å²) in [5.41, 5.74) is 1.87. The molecule has 2 heterocycles. The average molecular weight is 268 g/mol. The normalized spacial score (nSPS) is 22.1. The minimum absolute atomic E-state index is 0.118. The number of aliphatic imine (C=N–C) groups is 1. The molecule has 1 saturated heterocycles. The van der Waals surface area contributed by atoms with Crippen LogP contribution in [0.15, 0.2) is 53.7 Å². The molecule has 20 heavy (non-hydrogen) atoms. The predicted molar refractivity (Wildman–Crippen MR) is 79.9 cm³/mol. The number of allylic oxidation sites excluding steroid dienone is 2. The van der Waals surface area contributed by atoms with Crippen LogP contribution in [-0.2, 0) is 4.79 Å². The van der Waals surface area contributed by atoms with Gasteiger partial charge in [-0.1, -0.05) is 6.08 Å². The Kier molecular flexibility index (Phi) is 3.02. The lowest BCUT2D eigenvalue weighted by Crippen LogP contribution is -2.32. The second kappa shape index (κ2) is 4.85. The van der Waals surface area contributed by atoms with Gasteiger partial charge in [-0.2, -0.15) is 0 Å². The highest BCUT2D eigenvalue weighted by molar-refractivity contribution is 6.40. The monoisotopic (exact) mass is 268 g/mol. The molecule has 1 atom stereocenters. The number of amidine groups is 1. The van der Waals surface area contributed by atoms with E-state index in [0.717, 1.165) is 11.4 Å². The highest BCUT2D eigenvalue weighted by atomic mass is 16.2. The molecule has 1 amide bonds. The molecule has 1 unspecified atom stereocenters. The Morgan fingerprint density at radius 1 is 1.20 bits per heavy atom. The number of amides is 1. The summed E-state index contributed by atoms with van der Waals surface area (Å²) in [5, 5.41) is 2.87. The highest BCUT2D eigenvalue weighted by Crippen LogP contribution is 2.21. The van der Waals surface area contributed by atoms with Crippen molar-refractivity contribution >= 4 is 23.1 Å². The van der Waals surface area contributed by atoms with E-state index in [9.17, 15) is 4.79 Å². The quantitative estimate of drug-likeness (QED) is 0.886. The van der Waals surface area contributed by atoms with Crippen molar-refractivity contribution < 1.29 is 4.79 Å². The summed E-state index contributed by atoms with van der Waals surface area (Å²) < 4.78 is 0. The SMILES string of the molecule is CN(C)c1ccc(N=C2C(=O)NC3C=CC=CN23)cc1. The first-order chi connectivity index (χ1) is 9.65. The second-order valence-corrected chi connectivity index (χ2v) is 4.90. The smallest absolute Gasteiger partial charge is 0.289 e. The zero-order valence-corrected chi connectivity index (χ0v) is 11.4. The summed E-state index contributed by atoms with van der Waals surface area (Å²) in [5.74, 6) is 0.274. The molecule has 1 N–H and O–H groups in total. The standard InChI is InChI=1S/C15H16N4O/c1-18(2)12-8-6-11(7-9-12)16-14-15(20)17-13-5-3-4-10-19(13)14/h3-10,13H,1-2H3,(H,17,20). The van der Waals surface area contributed by atoms with Crippen LogP contribution in [0.4, 0.5) is 11.4 Å². The summed E-state index contributed by atoms with van der Waals surface area (Å²) >= 11 is 0. The molecule has 3 rings (SSSR count). The van der Waals surface area contributed by atoms with Gasteiger partial charge >= 0.3 is 0 Å². The van der Waals surface area contributed by atoms with Crippen LogP contribution in [-0.4, -0.2) is 36.9 Å². The van der Waals surface area contributed by atoms with Crippen LogP contribution in [0, 0.1) is 0 Å². The Bertz CT molecular complexity index is 613. The third-order valence-electron chi connectivity index (χ3n) is 3.28. The van der Waals surface area contributed by atoms with Gasteiger partial charge in [-0.3, -0.25) is 4.79 Å². The van der Waals surface area contributed by atoms with E-state index in [-0.39, 0.29) is 12.1 Å². The van der Waals surface area contributed by atoms with E-state index in [4.69, 9.17) is 0 Å². The Labute approximate surface area is 117 Å². The first-order valence-corrected chi connectivity index (χ1v) is 6.45. The number of hydrogen-bond acceptors (Lipinski definition) is 3. The number of nitrogens with zero attached hydrogens (tertiary/aromatic N) is 3. The lowest BCUT2D eigenvalue weighted by molar-refractivity contribution is -0.114. The van der Waals surface area contributed by atoms with Crippen molar-refractivity contribution in [1.29, 1.82) is 0 Å². The fourth-order valence-corrected chi connectivity index (χ4v) is 2.19. The molecule has 5 nitrogen and oxygen atoms in total. The van der Waals surface area contributed by atoms with Gasteiger partial charge in [-0.15, -0.1) is 0 Å². The van der Waals surface area contributed by atoms with E-state index < -0.39 is 0 Å². The molecule has 1 aromatic rings. The average Bonchev–Trinajstić information content (AvgIpc) is 2.76. The largest absolute Gasteiger partial charge is 0.378 e. The van der Waals surface area contributed by atoms with E-state index in [1.165, 1.54) is 0 Å². The number of anilines is 1. The molecule has 102 valence electrons. The number of hydrogen-bond donors (Lipinski definition) is 1.